The molecular formula is C16H26N2O. The summed E-state index contributed by atoms with van der Waals surface area (Å²) >= 11 is 0. The van der Waals surface area contributed by atoms with Gasteiger partial charge in [-0.15, -0.1) is 0 Å². The van der Waals surface area contributed by atoms with Crippen LogP contribution in [0.3, 0.4) is 0 Å². The summed E-state index contributed by atoms with van der Waals surface area (Å²) in [7, 11) is 1.75. The van der Waals surface area contributed by atoms with E-state index in [2.05, 4.69) is 30.0 Å². The predicted octanol–water partition coefficient (Wildman–Crippen LogP) is 2.43. The minimum Gasteiger partial charge on any atom is -0.496 e. The predicted molar refractivity (Wildman–Crippen MR) is 79.4 cm³/mol. The third kappa shape index (κ3) is 3.95. The molecular weight excluding hydrogens is 236 g/mol. The molecule has 1 heterocycles. The fourth-order valence-electron chi connectivity index (χ4n) is 2.95. The van der Waals surface area contributed by atoms with E-state index in [-0.39, 0.29) is 0 Å². The fraction of sp³-hybridized carbons (Fsp3) is 0.625. The number of nitrogens with two attached hydrogens (primary N) is 1. The van der Waals surface area contributed by atoms with Gasteiger partial charge in [0.15, 0.2) is 0 Å². The second-order valence-electron chi connectivity index (χ2n) is 5.67. The van der Waals surface area contributed by atoms with Gasteiger partial charge in [-0.2, -0.15) is 0 Å². The van der Waals surface area contributed by atoms with Crippen molar-refractivity contribution in [3.8, 4) is 5.75 Å². The number of benzene rings is 1. The van der Waals surface area contributed by atoms with E-state index in [0.29, 0.717) is 6.54 Å². The molecule has 1 saturated heterocycles. The van der Waals surface area contributed by atoms with Gasteiger partial charge in [-0.1, -0.05) is 19.1 Å². The van der Waals surface area contributed by atoms with E-state index < -0.39 is 0 Å². The molecule has 0 radical (unpaired) electrons. The molecule has 19 heavy (non-hydrogen) atoms. The molecule has 0 aliphatic carbocycles. The molecule has 0 aromatic heterocycles. The Morgan fingerprint density at radius 3 is 2.95 bits per heavy atom. The Kier molecular flexibility index (Phi) is 5.23. The zero-order valence-electron chi connectivity index (χ0n) is 12.2. The molecule has 1 aromatic carbocycles. The van der Waals surface area contributed by atoms with Gasteiger partial charge in [0.2, 0.25) is 0 Å². The van der Waals surface area contributed by atoms with Gasteiger partial charge in [0, 0.05) is 18.7 Å². The maximum absolute atomic E-state index is 5.64. The normalized spacial score (nSPS) is 20.5. The minimum absolute atomic E-state index is 0.701. The quantitative estimate of drug-likeness (QED) is 0.885. The molecule has 1 aliphatic rings. The lowest BCUT2D eigenvalue weighted by Gasteiger charge is -2.31. The molecule has 1 unspecified atom stereocenters. The summed E-state index contributed by atoms with van der Waals surface area (Å²) < 4.78 is 5.49. The molecule has 3 nitrogen and oxygen atoms in total. The van der Waals surface area contributed by atoms with Gasteiger partial charge in [0.1, 0.15) is 5.75 Å². The first-order chi connectivity index (χ1) is 9.22. The van der Waals surface area contributed by atoms with Crippen molar-refractivity contribution in [2.24, 2.45) is 11.7 Å². The molecule has 0 bridgehead atoms. The molecule has 2 N–H and O–H groups in total. The topological polar surface area (TPSA) is 38.5 Å². The van der Waals surface area contributed by atoms with E-state index in [1.54, 1.807) is 7.11 Å². The number of methoxy groups -OCH3 is 1. The Bertz CT molecular complexity index is 406. The number of hydrogen-bond donors (Lipinski definition) is 1. The highest BCUT2D eigenvalue weighted by Crippen LogP contribution is 2.24. The van der Waals surface area contributed by atoms with Gasteiger partial charge in [0.05, 0.1) is 7.11 Å². The van der Waals surface area contributed by atoms with Crippen LogP contribution < -0.4 is 10.5 Å². The highest BCUT2D eigenvalue weighted by molar-refractivity contribution is 5.37. The Morgan fingerprint density at radius 1 is 1.42 bits per heavy atom. The van der Waals surface area contributed by atoms with Gasteiger partial charge in [0.25, 0.3) is 0 Å². The highest BCUT2D eigenvalue weighted by atomic mass is 16.5. The number of nitrogens with zero attached hydrogens (tertiary/aromatic N) is 1. The first-order valence-electron chi connectivity index (χ1n) is 7.31. The molecule has 0 amide bonds. The highest BCUT2D eigenvalue weighted by Gasteiger charge is 2.17. The maximum atomic E-state index is 5.64. The van der Waals surface area contributed by atoms with Crippen LogP contribution in [0, 0.1) is 5.92 Å². The van der Waals surface area contributed by atoms with Crippen molar-refractivity contribution in [2.75, 3.05) is 26.7 Å². The Balaban J connectivity index is 2.10. The lowest BCUT2D eigenvalue weighted by Crippen LogP contribution is -2.33. The van der Waals surface area contributed by atoms with Crippen LogP contribution in [0.2, 0.25) is 0 Å². The maximum Gasteiger partial charge on any atom is 0.123 e. The molecule has 0 spiro atoms. The molecule has 1 aliphatic heterocycles. The Morgan fingerprint density at radius 2 is 2.26 bits per heavy atom. The van der Waals surface area contributed by atoms with Crippen LogP contribution in [0.25, 0.3) is 0 Å². The molecule has 1 aromatic rings. The number of hydrogen-bond acceptors (Lipinski definition) is 3. The van der Waals surface area contributed by atoms with Crippen LogP contribution in [-0.2, 0) is 13.0 Å². The van der Waals surface area contributed by atoms with Crippen LogP contribution in [0.1, 0.15) is 30.9 Å². The largest absolute Gasteiger partial charge is 0.496 e. The lowest BCUT2D eigenvalue weighted by atomic mass is 9.99. The van der Waals surface area contributed by atoms with Crippen LogP contribution in [-0.4, -0.2) is 31.6 Å². The first-order valence-corrected chi connectivity index (χ1v) is 7.31. The zero-order valence-corrected chi connectivity index (χ0v) is 12.2. The summed E-state index contributed by atoms with van der Waals surface area (Å²) in [4.78, 5) is 2.54. The zero-order chi connectivity index (χ0) is 13.7. The average molecular weight is 262 g/mol. The summed E-state index contributed by atoms with van der Waals surface area (Å²) in [5, 5.41) is 0. The number of ether oxygens (including phenoxy) is 1. The van der Waals surface area contributed by atoms with Crippen LogP contribution in [0.15, 0.2) is 18.2 Å². The van der Waals surface area contributed by atoms with Crippen LogP contribution >= 0.6 is 0 Å². The van der Waals surface area contributed by atoms with Gasteiger partial charge < -0.3 is 10.5 Å². The van der Waals surface area contributed by atoms with Gasteiger partial charge in [-0.3, -0.25) is 4.90 Å². The van der Waals surface area contributed by atoms with Crippen molar-refractivity contribution in [1.82, 2.24) is 4.90 Å². The van der Waals surface area contributed by atoms with Crippen LogP contribution in [0.5, 0.6) is 5.75 Å². The van der Waals surface area contributed by atoms with E-state index in [4.69, 9.17) is 10.5 Å². The van der Waals surface area contributed by atoms with Crippen LogP contribution in [0.4, 0.5) is 0 Å². The van der Waals surface area contributed by atoms with Crippen molar-refractivity contribution in [3.63, 3.8) is 0 Å². The molecule has 3 heteroatoms. The van der Waals surface area contributed by atoms with Gasteiger partial charge >= 0.3 is 0 Å². The standard InChI is InChI=1S/C16H26N2O/c1-13-4-3-9-18(11-13)12-15-10-14(7-8-17)5-6-16(15)19-2/h5-6,10,13H,3-4,7-9,11-12,17H2,1-2H3. The summed E-state index contributed by atoms with van der Waals surface area (Å²) in [6.07, 6.45) is 3.61. The second-order valence-corrected chi connectivity index (χ2v) is 5.67. The number of piperidine rings is 1. The molecule has 1 fully saturated rings. The van der Waals surface area contributed by atoms with Gasteiger partial charge in [-0.25, -0.2) is 0 Å². The van der Waals surface area contributed by atoms with E-state index in [1.165, 1.54) is 37.1 Å². The molecule has 106 valence electrons. The van der Waals surface area contributed by atoms with E-state index in [0.717, 1.165) is 24.6 Å². The monoisotopic (exact) mass is 262 g/mol. The molecule has 1 atom stereocenters. The number of rotatable bonds is 5. The fourth-order valence-corrected chi connectivity index (χ4v) is 2.95. The van der Waals surface area contributed by atoms with E-state index >= 15 is 0 Å². The number of likely N-dealkylation sites (tertiary alicyclic amines) is 1. The SMILES string of the molecule is COc1ccc(CCN)cc1CN1CCCC(C)C1. The van der Waals surface area contributed by atoms with Gasteiger partial charge in [-0.05, 0) is 49.9 Å². The first kappa shape index (κ1) is 14.4. The van der Waals surface area contributed by atoms with Crippen molar-refractivity contribution >= 4 is 0 Å². The lowest BCUT2D eigenvalue weighted by molar-refractivity contribution is 0.175. The van der Waals surface area contributed by atoms with E-state index in [1.807, 2.05) is 0 Å². The van der Waals surface area contributed by atoms with Crippen molar-refractivity contribution < 1.29 is 4.74 Å². The Hall–Kier alpha value is -1.06. The van der Waals surface area contributed by atoms with Crippen molar-refractivity contribution in [2.45, 2.75) is 32.7 Å². The summed E-state index contributed by atoms with van der Waals surface area (Å²) in [5.74, 6) is 1.81. The summed E-state index contributed by atoms with van der Waals surface area (Å²) in [5.41, 5.74) is 8.24. The minimum atomic E-state index is 0.701. The summed E-state index contributed by atoms with van der Waals surface area (Å²) in [6.45, 7) is 6.44. The van der Waals surface area contributed by atoms with E-state index in [9.17, 15) is 0 Å². The Labute approximate surface area is 116 Å². The summed E-state index contributed by atoms with van der Waals surface area (Å²) in [6, 6.07) is 6.45. The third-order valence-corrected chi connectivity index (χ3v) is 3.91. The molecule has 2 rings (SSSR count). The average Bonchev–Trinajstić information content (AvgIpc) is 2.39. The smallest absolute Gasteiger partial charge is 0.123 e. The van der Waals surface area contributed by atoms with Crippen molar-refractivity contribution in [3.05, 3.63) is 29.3 Å². The van der Waals surface area contributed by atoms with Crippen molar-refractivity contribution in [1.29, 1.82) is 0 Å². The third-order valence-electron chi connectivity index (χ3n) is 3.91. The molecule has 0 saturated carbocycles. The second kappa shape index (κ2) is 6.92.